The van der Waals surface area contributed by atoms with Crippen molar-refractivity contribution >= 4 is 0 Å². The molecule has 0 amide bonds. The summed E-state index contributed by atoms with van der Waals surface area (Å²) < 4.78 is 0. The summed E-state index contributed by atoms with van der Waals surface area (Å²) in [6.45, 7) is 4.42. The van der Waals surface area contributed by atoms with Crippen molar-refractivity contribution < 1.29 is 0 Å². The Labute approximate surface area is 100 Å². The van der Waals surface area contributed by atoms with Crippen LogP contribution in [0.5, 0.6) is 0 Å². The second-order valence-corrected chi connectivity index (χ2v) is 3.15. The summed E-state index contributed by atoms with van der Waals surface area (Å²) in [6, 6.07) is 0. The van der Waals surface area contributed by atoms with Crippen LogP contribution in [0, 0.1) is 0 Å². The van der Waals surface area contributed by atoms with E-state index in [1.807, 2.05) is 0 Å². The van der Waals surface area contributed by atoms with Gasteiger partial charge in [0.05, 0.1) is 0 Å². The lowest BCUT2D eigenvalue weighted by molar-refractivity contribution is 0.755. The molecule has 12 N–H and O–H groups in total. The Hall–Kier alpha value is -0.240. The maximum atomic E-state index is 5.16. The molecule has 0 heterocycles. The summed E-state index contributed by atoms with van der Waals surface area (Å²) in [5.74, 6) is 0. The van der Waals surface area contributed by atoms with E-state index >= 15 is 0 Å². The van der Waals surface area contributed by atoms with Crippen LogP contribution in [-0.2, 0) is 0 Å². The highest BCUT2D eigenvalue weighted by atomic mass is 14.6. The molecular weight excluding hydrogens is 204 g/mol. The molecule has 102 valence electrons. The van der Waals surface area contributed by atoms with Gasteiger partial charge in [0.25, 0.3) is 0 Å². The first-order valence-electron chi connectivity index (χ1n) is 5.95. The Morgan fingerprint density at radius 2 is 0.500 bits per heavy atom. The van der Waals surface area contributed by atoms with Gasteiger partial charge in [-0.15, -0.1) is 0 Å². The molecule has 0 aliphatic carbocycles. The lowest BCUT2D eigenvalue weighted by Gasteiger charge is -1.87. The molecular formula is C10H32N6. The molecule has 6 nitrogen and oxygen atoms in total. The van der Waals surface area contributed by atoms with Crippen molar-refractivity contribution in [1.29, 1.82) is 0 Å². The second-order valence-electron chi connectivity index (χ2n) is 3.15. The van der Waals surface area contributed by atoms with Crippen molar-refractivity contribution in [2.75, 3.05) is 39.3 Å². The Kier molecular flexibility index (Phi) is 38.7. The van der Waals surface area contributed by atoms with Crippen molar-refractivity contribution in [3.05, 3.63) is 0 Å². The van der Waals surface area contributed by atoms with Crippen LogP contribution in [0.4, 0.5) is 0 Å². The van der Waals surface area contributed by atoms with Gasteiger partial charge in [0.1, 0.15) is 0 Å². The highest BCUT2D eigenvalue weighted by Gasteiger charge is 1.75. The van der Waals surface area contributed by atoms with E-state index in [4.69, 9.17) is 34.4 Å². The topological polar surface area (TPSA) is 156 Å². The van der Waals surface area contributed by atoms with Crippen LogP contribution in [-0.4, -0.2) is 39.3 Å². The van der Waals surface area contributed by atoms with Gasteiger partial charge >= 0.3 is 0 Å². The molecule has 0 aliphatic heterocycles. The minimum atomic E-state index is 0.719. The van der Waals surface area contributed by atoms with Gasteiger partial charge in [-0.2, -0.15) is 0 Å². The Bertz CT molecular complexity index is 67.7. The molecule has 0 aliphatic rings. The number of nitrogens with two attached hydrogens (primary N) is 6. The first-order valence-corrected chi connectivity index (χ1v) is 5.95. The van der Waals surface area contributed by atoms with Crippen molar-refractivity contribution in [2.45, 2.75) is 25.7 Å². The summed E-state index contributed by atoms with van der Waals surface area (Å²) in [5.41, 5.74) is 30.6. The molecule has 0 rings (SSSR count). The smallest absolute Gasteiger partial charge is 0.00653 e. The number of rotatable bonds is 7. The van der Waals surface area contributed by atoms with Gasteiger partial charge in [-0.1, -0.05) is 0 Å². The first kappa shape index (κ1) is 21.1. The van der Waals surface area contributed by atoms with Crippen LogP contribution in [0.1, 0.15) is 25.7 Å². The van der Waals surface area contributed by atoms with Crippen LogP contribution in [0.25, 0.3) is 0 Å². The summed E-state index contributed by atoms with van der Waals surface area (Å²) in [5, 5.41) is 0. The molecule has 0 aromatic rings. The van der Waals surface area contributed by atoms with Gasteiger partial charge < -0.3 is 34.4 Å². The summed E-state index contributed by atoms with van der Waals surface area (Å²) in [7, 11) is 0. The lowest BCUT2D eigenvalue weighted by atomic mass is 10.3. The molecule has 16 heavy (non-hydrogen) atoms. The van der Waals surface area contributed by atoms with Crippen molar-refractivity contribution in [1.82, 2.24) is 0 Å². The molecule has 6 heteroatoms. The third-order valence-electron chi connectivity index (χ3n) is 1.47. The summed E-state index contributed by atoms with van der Waals surface area (Å²) in [6.07, 6.45) is 4.02. The molecule has 0 aromatic heterocycles. The van der Waals surface area contributed by atoms with Crippen LogP contribution < -0.4 is 34.4 Å². The molecule has 0 spiro atoms. The average Bonchev–Trinajstić information content (AvgIpc) is 2.30. The normalized spacial score (nSPS) is 8.62. The van der Waals surface area contributed by atoms with E-state index in [1.165, 1.54) is 0 Å². The minimum absolute atomic E-state index is 0.719. The van der Waals surface area contributed by atoms with E-state index < -0.39 is 0 Å². The standard InChI is InChI=1S/C4H12N2.2C3H10N2/c5-3-1-2-4-6;2*4-2-1-3-5/h1-6H2;2*1-5H2. The molecule has 0 unspecified atom stereocenters. The largest absolute Gasteiger partial charge is 0.330 e. The fraction of sp³-hybridized carbons (Fsp3) is 1.00. The highest BCUT2D eigenvalue weighted by molar-refractivity contribution is 4.38. The molecule has 0 fully saturated rings. The summed E-state index contributed by atoms with van der Waals surface area (Å²) in [4.78, 5) is 0. The fourth-order valence-corrected chi connectivity index (χ4v) is 0.524. The van der Waals surface area contributed by atoms with E-state index in [2.05, 4.69) is 0 Å². The van der Waals surface area contributed by atoms with Gasteiger partial charge in [-0.25, -0.2) is 0 Å². The van der Waals surface area contributed by atoms with Gasteiger partial charge in [0, 0.05) is 0 Å². The van der Waals surface area contributed by atoms with Crippen molar-refractivity contribution in [3.63, 3.8) is 0 Å². The predicted octanol–water partition coefficient (Wildman–Crippen LogP) is -1.73. The predicted molar refractivity (Wildman–Crippen MR) is 72.8 cm³/mol. The van der Waals surface area contributed by atoms with Gasteiger partial charge in [-0.05, 0) is 65.0 Å². The Balaban J connectivity index is -0.000000160. The maximum absolute atomic E-state index is 5.16. The molecule has 0 aromatic carbocycles. The number of hydrogen-bond donors (Lipinski definition) is 6. The third kappa shape index (κ3) is 49.0. The first-order chi connectivity index (χ1) is 7.74. The highest BCUT2D eigenvalue weighted by Crippen LogP contribution is 1.77. The van der Waals surface area contributed by atoms with E-state index in [-0.39, 0.29) is 0 Å². The zero-order valence-corrected chi connectivity index (χ0v) is 10.5. The molecule has 0 saturated carbocycles. The quantitative estimate of drug-likeness (QED) is 0.288. The molecule has 0 saturated heterocycles. The lowest BCUT2D eigenvalue weighted by Crippen LogP contribution is -2.06. The summed E-state index contributed by atoms with van der Waals surface area (Å²) >= 11 is 0. The van der Waals surface area contributed by atoms with Gasteiger partial charge in [0.2, 0.25) is 0 Å². The zero-order chi connectivity index (χ0) is 13.1. The minimum Gasteiger partial charge on any atom is -0.330 e. The van der Waals surface area contributed by atoms with Gasteiger partial charge in [-0.3, -0.25) is 0 Å². The van der Waals surface area contributed by atoms with E-state index in [0.717, 1.165) is 65.0 Å². The van der Waals surface area contributed by atoms with Crippen molar-refractivity contribution in [2.24, 2.45) is 34.4 Å². The van der Waals surface area contributed by atoms with Crippen LogP contribution in [0.3, 0.4) is 0 Å². The SMILES string of the molecule is NCCCCN.NCCCN.NCCCN. The Morgan fingerprint density at radius 1 is 0.312 bits per heavy atom. The fourth-order valence-electron chi connectivity index (χ4n) is 0.524. The second kappa shape index (κ2) is 29.3. The van der Waals surface area contributed by atoms with Crippen LogP contribution in [0.15, 0.2) is 0 Å². The third-order valence-corrected chi connectivity index (χ3v) is 1.47. The van der Waals surface area contributed by atoms with E-state index in [0.29, 0.717) is 0 Å². The Morgan fingerprint density at radius 3 is 0.562 bits per heavy atom. The monoisotopic (exact) mass is 236 g/mol. The van der Waals surface area contributed by atoms with Crippen molar-refractivity contribution in [3.8, 4) is 0 Å². The molecule has 0 radical (unpaired) electrons. The van der Waals surface area contributed by atoms with E-state index in [9.17, 15) is 0 Å². The number of hydrogen-bond acceptors (Lipinski definition) is 6. The van der Waals surface area contributed by atoms with Gasteiger partial charge in [0.15, 0.2) is 0 Å². The molecule has 0 bridgehead atoms. The van der Waals surface area contributed by atoms with Crippen LogP contribution in [0.2, 0.25) is 0 Å². The van der Waals surface area contributed by atoms with Crippen LogP contribution >= 0.6 is 0 Å². The number of unbranched alkanes of at least 4 members (excludes halogenated alkanes) is 1. The zero-order valence-electron chi connectivity index (χ0n) is 10.5. The molecule has 0 atom stereocenters. The average molecular weight is 236 g/mol. The van der Waals surface area contributed by atoms with E-state index in [1.54, 1.807) is 0 Å². The maximum Gasteiger partial charge on any atom is -0.00653 e.